The molecule has 0 bridgehead atoms. The van der Waals surface area contributed by atoms with Crippen molar-refractivity contribution in [3.63, 3.8) is 0 Å². The van der Waals surface area contributed by atoms with Crippen LogP contribution in [0, 0.1) is 5.92 Å². The van der Waals surface area contributed by atoms with Crippen molar-refractivity contribution >= 4 is 11.9 Å². The smallest absolute Gasteiger partial charge is 0.329 e. The summed E-state index contributed by atoms with van der Waals surface area (Å²) in [6.45, 7) is 3.33. The number of nitrogens with zero attached hydrogens (tertiary/aromatic N) is 2. The molecule has 0 spiro atoms. The topological polar surface area (TPSA) is 131 Å². The zero-order valence-corrected chi connectivity index (χ0v) is 21.0. The minimum atomic E-state index is -0.914. The zero-order chi connectivity index (χ0) is 26.2. The van der Waals surface area contributed by atoms with Gasteiger partial charge in [-0.05, 0) is 36.2 Å². The average Bonchev–Trinajstić information content (AvgIpc) is 3.38. The molecule has 0 fully saturated rings. The number of amides is 1. The van der Waals surface area contributed by atoms with E-state index in [-0.39, 0.29) is 24.0 Å². The van der Waals surface area contributed by atoms with Gasteiger partial charge in [-0.3, -0.25) is 4.79 Å². The molecule has 3 rings (SSSR count). The fraction of sp³-hybridized carbons (Fsp3) is 0.360. The third kappa shape index (κ3) is 6.23. The molecule has 0 aliphatic heterocycles. The highest BCUT2D eigenvalue weighted by molar-refractivity contribution is 5.97. The Hall–Kier alpha value is -4.28. The molecular weight excluding hydrogens is 470 g/mol. The first-order valence-corrected chi connectivity index (χ1v) is 11.0. The summed E-state index contributed by atoms with van der Waals surface area (Å²) in [5.74, 6) is 0.997. The lowest BCUT2D eigenvalue weighted by atomic mass is 10.0. The van der Waals surface area contributed by atoms with E-state index < -0.39 is 17.9 Å². The Kier molecular flexibility index (Phi) is 8.71. The number of aromatic nitrogens is 2. The number of carbonyl (C=O) groups is 2. The fourth-order valence-corrected chi connectivity index (χ4v) is 3.29. The molecule has 11 heteroatoms. The molecule has 0 aliphatic carbocycles. The minimum Gasteiger partial charge on any atom is -0.497 e. The second-order valence-electron chi connectivity index (χ2n) is 7.99. The number of ether oxygens (including phenoxy) is 5. The summed E-state index contributed by atoms with van der Waals surface area (Å²) >= 11 is 0. The molecule has 0 saturated heterocycles. The number of hydrogen-bond donors (Lipinski definition) is 1. The van der Waals surface area contributed by atoms with Gasteiger partial charge in [0, 0.05) is 17.2 Å². The first-order chi connectivity index (χ1) is 17.3. The second kappa shape index (κ2) is 11.9. The van der Waals surface area contributed by atoms with Gasteiger partial charge in [0.15, 0.2) is 18.1 Å². The van der Waals surface area contributed by atoms with Crippen LogP contribution in [0.1, 0.15) is 30.1 Å². The third-order valence-electron chi connectivity index (χ3n) is 5.27. The molecule has 2 aromatic carbocycles. The van der Waals surface area contributed by atoms with Crippen LogP contribution in [-0.2, 0) is 16.1 Å². The van der Waals surface area contributed by atoms with Gasteiger partial charge < -0.3 is 33.5 Å². The van der Waals surface area contributed by atoms with Crippen molar-refractivity contribution in [3.8, 4) is 34.4 Å². The normalized spacial score (nSPS) is 11.5. The molecule has 36 heavy (non-hydrogen) atoms. The summed E-state index contributed by atoms with van der Waals surface area (Å²) in [6.07, 6.45) is 0. The number of methoxy groups -OCH3 is 4. The molecular formula is C25H29N3O8. The highest BCUT2D eigenvalue weighted by Crippen LogP contribution is 2.31. The average molecular weight is 500 g/mol. The van der Waals surface area contributed by atoms with Crippen molar-refractivity contribution < 1.29 is 37.8 Å². The lowest BCUT2D eigenvalue weighted by molar-refractivity contribution is -0.149. The van der Waals surface area contributed by atoms with E-state index in [1.54, 1.807) is 57.4 Å². The first kappa shape index (κ1) is 26.3. The maximum atomic E-state index is 12.8. The van der Waals surface area contributed by atoms with E-state index in [2.05, 4.69) is 15.5 Å². The Morgan fingerprint density at radius 1 is 0.917 bits per heavy atom. The van der Waals surface area contributed by atoms with Crippen LogP contribution in [-0.4, -0.2) is 56.5 Å². The quantitative estimate of drug-likeness (QED) is 0.392. The molecule has 11 nitrogen and oxygen atoms in total. The Morgan fingerprint density at radius 3 is 2.17 bits per heavy atom. The second-order valence-corrected chi connectivity index (χ2v) is 7.99. The van der Waals surface area contributed by atoms with E-state index in [1.807, 2.05) is 0 Å². The third-order valence-corrected chi connectivity index (χ3v) is 5.27. The number of esters is 1. The molecule has 1 aromatic heterocycles. The molecule has 0 unspecified atom stereocenters. The van der Waals surface area contributed by atoms with Crippen LogP contribution < -0.4 is 24.3 Å². The standard InChI is InChI=1S/C25H29N3O8/c1-14(2)22(27-24(29)16-9-17(31-3)12-18(10-16)32-4)25(30)35-13-21-26-23(28-36-21)15-7-8-19(33-5)20(11-15)34-6/h7-12,14,22H,13H2,1-6H3,(H,27,29)/t22-/m0/s1. The summed E-state index contributed by atoms with van der Waals surface area (Å²) in [5, 5.41) is 6.64. The van der Waals surface area contributed by atoms with Gasteiger partial charge in [-0.1, -0.05) is 19.0 Å². The first-order valence-electron chi connectivity index (χ1n) is 11.0. The van der Waals surface area contributed by atoms with Gasteiger partial charge in [0.25, 0.3) is 11.8 Å². The van der Waals surface area contributed by atoms with Crippen molar-refractivity contribution in [1.82, 2.24) is 15.5 Å². The molecule has 0 radical (unpaired) electrons. The number of carbonyl (C=O) groups excluding carboxylic acids is 2. The lowest BCUT2D eigenvalue weighted by Gasteiger charge is -2.20. The molecule has 1 atom stereocenters. The zero-order valence-electron chi connectivity index (χ0n) is 21.0. The molecule has 1 amide bonds. The summed E-state index contributed by atoms with van der Waals surface area (Å²) < 4.78 is 31.5. The van der Waals surface area contributed by atoms with Crippen molar-refractivity contribution in [2.75, 3.05) is 28.4 Å². The number of nitrogens with one attached hydrogen (secondary N) is 1. The predicted molar refractivity (Wildman–Crippen MR) is 128 cm³/mol. The van der Waals surface area contributed by atoms with Crippen LogP contribution in [0.2, 0.25) is 0 Å². The largest absolute Gasteiger partial charge is 0.497 e. The van der Waals surface area contributed by atoms with Gasteiger partial charge in [-0.25, -0.2) is 4.79 Å². The molecule has 0 aliphatic rings. The SMILES string of the molecule is COc1cc(OC)cc(C(=O)N[C@H](C(=O)OCc2nc(-c3ccc(OC)c(OC)c3)no2)C(C)C)c1. The van der Waals surface area contributed by atoms with E-state index in [0.29, 0.717) is 34.4 Å². The van der Waals surface area contributed by atoms with Crippen LogP contribution in [0.25, 0.3) is 11.4 Å². The van der Waals surface area contributed by atoms with Gasteiger partial charge in [0.05, 0.1) is 28.4 Å². The summed E-state index contributed by atoms with van der Waals surface area (Å²) in [5.41, 5.74) is 0.913. The van der Waals surface area contributed by atoms with Gasteiger partial charge in [-0.2, -0.15) is 4.98 Å². The maximum absolute atomic E-state index is 12.8. The molecule has 0 saturated carbocycles. The van der Waals surface area contributed by atoms with E-state index in [0.717, 1.165) is 0 Å². The van der Waals surface area contributed by atoms with Crippen LogP contribution in [0.15, 0.2) is 40.9 Å². The van der Waals surface area contributed by atoms with E-state index >= 15 is 0 Å². The summed E-state index contributed by atoms with van der Waals surface area (Å²) in [4.78, 5) is 29.9. The van der Waals surface area contributed by atoms with Crippen molar-refractivity contribution in [3.05, 3.63) is 47.9 Å². The maximum Gasteiger partial charge on any atom is 0.329 e. The number of rotatable bonds is 11. The molecule has 1 N–H and O–H groups in total. The van der Waals surface area contributed by atoms with Crippen LogP contribution in [0.3, 0.4) is 0 Å². The van der Waals surface area contributed by atoms with E-state index in [9.17, 15) is 9.59 Å². The van der Waals surface area contributed by atoms with E-state index in [4.69, 9.17) is 28.2 Å². The van der Waals surface area contributed by atoms with Gasteiger partial charge >= 0.3 is 5.97 Å². The number of hydrogen-bond acceptors (Lipinski definition) is 10. The van der Waals surface area contributed by atoms with Crippen molar-refractivity contribution in [2.24, 2.45) is 5.92 Å². The summed E-state index contributed by atoms with van der Waals surface area (Å²) in [7, 11) is 6.04. The highest BCUT2D eigenvalue weighted by atomic mass is 16.6. The Labute approximate surface area is 208 Å². The van der Waals surface area contributed by atoms with Crippen LogP contribution in [0.4, 0.5) is 0 Å². The monoisotopic (exact) mass is 499 g/mol. The molecule has 1 heterocycles. The Balaban J connectivity index is 1.67. The highest BCUT2D eigenvalue weighted by Gasteiger charge is 2.27. The van der Waals surface area contributed by atoms with E-state index in [1.165, 1.54) is 21.3 Å². The van der Waals surface area contributed by atoms with Gasteiger partial charge in [-0.15, -0.1) is 0 Å². The minimum absolute atomic E-state index is 0.0968. The number of benzene rings is 2. The Bertz CT molecular complexity index is 1190. The fourth-order valence-electron chi connectivity index (χ4n) is 3.29. The van der Waals surface area contributed by atoms with Crippen LogP contribution >= 0.6 is 0 Å². The van der Waals surface area contributed by atoms with Crippen LogP contribution in [0.5, 0.6) is 23.0 Å². The summed E-state index contributed by atoms with van der Waals surface area (Å²) in [6, 6.07) is 9.01. The van der Waals surface area contributed by atoms with Gasteiger partial charge in [0.1, 0.15) is 17.5 Å². The van der Waals surface area contributed by atoms with Crippen molar-refractivity contribution in [1.29, 1.82) is 0 Å². The van der Waals surface area contributed by atoms with Gasteiger partial charge in [0.2, 0.25) is 5.82 Å². The predicted octanol–water partition coefficient (Wildman–Crippen LogP) is 3.27. The molecule has 192 valence electrons. The van der Waals surface area contributed by atoms with Crippen molar-refractivity contribution in [2.45, 2.75) is 26.5 Å². The molecule has 3 aromatic rings. The Morgan fingerprint density at radius 2 is 1.58 bits per heavy atom. The lowest BCUT2D eigenvalue weighted by Crippen LogP contribution is -2.45.